The lowest BCUT2D eigenvalue weighted by Gasteiger charge is -2.32. The summed E-state index contributed by atoms with van der Waals surface area (Å²) in [5.41, 5.74) is 1.36. The van der Waals surface area contributed by atoms with Crippen LogP contribution < -0.4 is 5.32 Å². The molecule has 6 heteroatoms. The average Bonchev–Trinajstić information content (AvgIpc) is 3.02. The van der Waals surface area contributed by atoms with E-state index in [4.69, 9.17) is 0 Å². The Bertz CT molecular complexity index is 793. The van der Waals surface area contributed by atoms with Gasteiger partial charge in [0.15, 0.2) is 0 Å². The van der Waals surface area contributed by atoms with Crippen molar-refractivity contribution >= 4 is 17.7 Å². The van der Waals surface area contributed by atoms with E-state index in [1.54, 1.807) is 18.2 Å². The van der Waals surface area contributed by atoms with Crippen molar-refractivity contribution in [3.63, 3.8) is 0 Å². The second-order valence-corrected chi connectivity index (χ2v) is 8.66. The van der Waals surface area contributed by atoms with Gasteiger partial charge in [-0.15, -0.1) is 0 Å². The molecule has 3 amide bonds. The van der Waals surface area contributed by atoms with E-state index >= 15 is 0 Å². The predicted octanol–water partition coefficient (Wildman–Crippen LogP) is 3.08. The molecule has 156 valence electrons. The number of hydrogen-bond donors (Lipinski definition) is 1. The first-order valence-electron chi connectivity index (χ1n) is 11.1. The highest BCUT2D eigenvalue weighted by Gasteiger charge is 2.40. The molecular formula is C23H31N3O3. The number of hydrogen-bond acceptors (Lipinski definition) is 4. The van der Waals surface area contributed by atoms with Gasteiger partial charge < -0.3 is 10.2 Å². The zero-order chi connectivity index (χ0) is 20.4. The molecule has 2 fully saturated rings. The zero-order valence-electron chi connectivity index (χ0n) is 17.3. The van der Waals surface area contributed by atoms with Crippen LogP contribution in [0.15, 0.2) is 18.2 Å². The van der Waals surface area contributed by atoms with Crippen LogP contribution in [0.1, 0.15) is 82.4 Å². The molecule has 0 aromatic heterocycles. The predicted molar refractivity (Wildman–Crippen MR) is 111 cm³/mol. The molecule has 29 heavy (non-hydrogen) atoms. The van der Waals surface area contributed by atoms with E-state index in [0.29, 0.717) is 22.6 Å². The molecule has 1 aliphatic carbocycles. The first kappa shape index (κ1) is 20.1. The Morgan fingerprint density at radius 2 is 1.69 bits per heavy atom. The molecule has 1 saturated carbocycles. The highest BCUT2D eigenvalue weighted by atomic mass is 16.2. The molecule has 1 saturated heterocycles. The highest BCUT2D eigenvalue weighted by molar-refractivity contribution is 6.22. The molecule has 4 rings (SSSR count). The van der Waals surface area contributed by atoms with Crippen LogP contribution in [0.2, 0.25) is 0 Å². The third-order valence-electron chi connectivity index (χ3n) is 6.81. The molecule has 0 spiro atoms. The molecule has 1 aromatic carbocycles. The topological polar surface area (TPSA) is 69.7 Å². The fraction of sp³-hybridized carbons (Fsp3) is 0.609. The Morgan fingerprint density at radius 1 is 1.00 bits per heavy atom. The lowest BCUT2D eigenvalue weighted by Crippen LogP contribution is -2.40. The number of benzene rings is 1. The van der Waals surface area contributed by atoms with Crippen LogP contribution >= 0.6 is 0 Å². The summed E-state index contributed by atoms with van der Waals surface area (Å²) in [5.74, 6) is 0.213. The van der Waals surface area contributed by atoms with E-state index in [1.807, 2.05) is 11.9 Å². The normalized spacial score (nSPS) is 21.0. The van der Waals surface area contributed by atoms with Gasteiger partial charge >= 0.3 is 0 Å². The second kappa shape index (κ2) is 8.66. The molecule has 3 aliphatic rings. The number of carbonyl (C=O) groups is 3. The Balaban J connectivity index is 1.45. The van der Waals surface area contributed by atoms with E-state index in [-0.39, 0.29) is 23.8 Å². The molecule has 6 nitrogen and oxygen atoms in total. The fourth-order valence-electron chi connectivity index (χ4n) is 5.02. The molecular weight excluding hydrogens is 366 g/mol. The van der Waals surface area contributed by atoms with Crippen molar-refractivity contribution in [2.24, 2.45) is 5.92 Å². The Kier molecular flexibility index (Phi) is 5.99. The summed E-state index contributed by atoms with van der Waals surface area (Å²) >= 11 is 0. The van der Waals surface area contributed by atoms with E-state index < -0.39 is 0 Å². The number of nitrogens with zero attached hydrogens (tertiary/aromatic N) is 2. The minimum Gasteiger partial charge on any atom is -0.339 e. The van der Waals surface area contributed by atoms with Gasteiger partial charge in [-0.3, -0.25) is 19.3 Å². The lowest BCUT2D eigenvalue weighted by molar-refractivity contribution is 0.0548. The van der Waals surface area contributed by atoms with Crippen molar-refractivity contribution in [2.75, 3.05) is 26.7 Å². The zero-order valence-corrected chi connectivity index (χ0v) is 17.3. The van der Waals surface area contributed by atoms with Crippen LogP contribution in [0.5, 0.6) is 0 Å². The van der Waals surface area contributed by atoms with Crippen molar-refractivity contribution in [2.45, 2.75) is 57.4 Å². The molecule has 2 aliphatic heterocycles. The van der Waals surface area contributed by atoms with Gasteiger partial charge in [-0.1, -0.05) is 19.3 Å². The monoisotopic (exact) mass is 397 g/mol. The number of carbonyl (C=O) groups excluding carboxylic acids is 3. The molecule has 1 aromatic rings. The summed E-state index contributed by atoms with van der Waals surface area (Å²) in [6.07, 6.45) is 8.25. The van der Waals surface area contributed by atoms with Crippen LogP contribution in [0, 0.1) is 5.92 Å². The quantitative estimate of drug-likeness (QED) is 0.775. The summed E-state index contributed by atoms with van der Waals surface area (Å²) < 4.78 is 0. The van der Waals surface area contributed by atoms with Gasteiger partial charge in [0, 0.05) is 24.7 Å². The Hall–Kier alpha value is -2.21. The summed E-state index contributed by atoms with van der Waals surface area (Å²) in [4.78, 5) is 42.1. The smallest absolute Gasteiger partial charge is 0.261 e. The Labute approximate surface area is 172 Å². The number of amides is 3. The minimum absolute atomic E-state index is 0.00643. The van der Waals surface area contributed by atoms with Crippen LogP contribution in [0.25, 0.3) is 0 Å². The molecule has 1 N–H and O–H groups in total. The SMILES string of the molecule is CNCCC1CCN(C(=O)c2ccc3c(c2)C(=O)N(C2CCCCC2)C3=O)CC1. The number of nitrogens with one attached hydrogen (secondary N) is 1. The molecule has 0 unspecified atom stereocenters. The first-order valence-corrected chi connectivity index (χ1v) is 11.1. The minimum atomic E-state index is -0.225. The van der Waals surface area contributed by atoms with Crippen LogP contribution in [-0.4, -0.2) is 60.2 Å². The van der Waals surface area contributed by atoms with E-state index in [1.165, 1.54) is 11.3 Å². The van der Waals surface area contributed by atoms with Crippen molar-refractivity contribution in [1.29, 1.82) is 0 Å². The summed E-state index contributed by atoms with van der Waals surface area (Å²) in [6.45, 7) is 2.52. The standard InChI is InChI=1S/C23H31N3O3/c1-24-12-9-16-10-13-25(14-11-16)21(27)17-7-8-19-20(15-17)23(29)26(22(19)28)18-5-3-2-4-6-18/h7-8,15-16,18,24H,2-6,9-14H2,1H3. The van der Waals surface area contributed by atoms with Crippen molar-refractivity contribution < 1.29 is 14.4 Å². The van der Waals surface area contributed by atoms with E-state index in [0.717, 1.165) is 64.6 Å². The van der Waals surface area contributed by atoms with Crippen LogP contribution in [0.3, 0.4) is 0 Å². The number of rotatable bonds is 5. The second-order valence-electron chi connectivity index (χ2n) is 8.66. The number of piperidine rings is 1. The van der Waals surface area contributed by atoms with Gasteiger partial charge in [-0.25, -0.2) is 0 Å². The van der Waals surface area contributed by atoms with Gasteiger partial charge in [0.05, 0.1) is 11.1 Å². The van der Waals surface area contributed by atoms with Gasteiger partial charge in [0.1, 0.15) is 0 Å². The lowest BCUT2D eigenvalue weighted by atomic mass is 9.93. The van der Waals surface area contributed by atoms with E-state index in [2.05, 4.69) is 5.32 Å². The molecule has 0 atom stereocenters. The third-order valence-corrected chi connectivity index (χ3v) is 6.81. The molecule has 0 radical (unpaired) electrons. The summed E-state index contributed by atoms with van der Waals surface area (Å²) in [7, 11) is 1.97. The van der Waals surface area contributed by atoms with Crippen LogP contribution in [0.4, 0.5) is 0 Å². The van der Waals surface area contributed by atoms with Crippen molar-refractivity contribution in [3.8, 4) is 0 Å². The first-order chi connectivity index (χ1) is 14.1. The van der Waals surface area contributed by atoms with Crippen molar-refractivity contribution in [3.05, 3.63) is 34.9 Å². The highest BCUT2D eigenvalue weighted by Crippen LogP contribution is 2.32. The molecule has 0 bridgehead atoms. The van der Waals surface area contributed by atoms with Gasteiger partial charge in [-0.05, 0) is 69.8 Å². The molecule has 2 heterocycles. The summed E-state index contributed by atoms with van der Waals surface area (Å²) in [5, 5.41) is 3.19. The van der Waals surface area contributed by atoms with Gasteiger partial charge in [-0.2, -0.15) is 0 Å². The third kappa shape index (κ3) is 3.95. The Morgan fingerprint density at radius 3 is 2.38 bits per heavy atom. The largest absolute Gasteiger partial charge is 0.339 e. The number of likely N-dealkylation sites (tertiary alicyclic amines) is 1. The fourth-order valence-corrected chi connectivity index (χ4v) is 5.02. The maximum Gasteiger partial charge on any atom is 0.261 e. The number of fused-ring (bicyclic) bond motifs is 1. The maximum atomic E-state index is 13.0. The van der Waals surface area contributed by atoms with Crippen LogP contribution in [-0.2, 0) is 0 Å². The van der Waals surface area contributed by atoms with Gasteiger partial charge in [0.25, 0.3) is 17.7 Å². The van der Waals surface area contributed by atoms with E-state index in [9.17, 15) is 14.4 Å². The van der Waals surface area contributed by atoms with Crippen molar-refractivity contribution in [1.82, 2.24) is 15.1 Å². The maximum absolute atomic E-state index is 13.0. The summed E-state index contributed by atoms with van der Waals surface area (Å²) in [6, 6.07) is 5.04. The number of imide groups is 1. The van der Waals surface area contributed by atoms with Gasteiger partial charge in [0.2, 0.25) is 0 Å². The average molecular weight is 398 g/mol.